The third kappa shape index (κ3) is 4.23. The number of carbonyl (C=O) groups excluding carboxylic acids is 1. The molecule has 3 aromatic rings. The van der Waals surface area contributed by atoms with E-state index in [1.807, 2.05) is 36.4 Å². The van der Waals surface area contributed by atoms with Gasteiger partial charge in [-0.05, 0) is 47.1 Å². The van der Waals surface area contributed by atoms with Gasteiger partial charge in [-0.15, -0.1) is 5.10 Å². The van der Waals surface area contributed by atoms with Gasteiger partial charge in [0.05, 0.1) is 17.3 Å². The maximum Gasteiger partial charge on any atom is 0.265 e. The van der Waals surface area contributed by atoms with E-state index >= 15 is 0 Å². The molecule has 1 aromatic heterocycles. The van der Waals surface area contributed by atoms with Crippen LogP contribution in [0.1, 0.15) is 6.92 Å². The highest BCUT2D eigenvalue weighted by Gasteiger charge is 2.19. The molecule has 0 aliphatic heterocycles. The number of amides is 1. The Morgan fingerprint density at radius 2 is 1.96 bits per heavy atom. The van der Waals surface area contributed by atoms with Gasteiger partial charge in [-0.2, -0.15) is 0 Å². The number of hydrogen-bond acceptors (Lipinski definition) is 4. The van der Waals surface area contributed by atoms with Crippen LogP contribution in [0.15, 0.2) is 65.3 Å². The Labute approximate surface area is 159 Å². The molecule has 7 heteroatoms. The van der Waals surface area contributed by atoms with Crippen LogP contribution in [0.5, 0.6) is 11.6 Å². The molecule has 1 N–H and O–H groups in total. The van der Waals surface area contributed by atoms with E-state index in [0.29, 0.717) is 21.8 Å². The molecule has 0 fully saturated rings. The standard InChI is InChI=1S/C19H18BrN3O3/c1-13(18(24)21-14-7-6-10-16(11-14)25-2)26-19-17(20)12-23(22-19)15-8-4-3-5-9-15/h3-13H,1-2H3,(H,21,24). The highest BCUT2D eigenvalue weighted by molar-refractivity contribution is 9.10. The van der Waals surface area contributed by atoms with Gasteiger partial charge in [-0.25, -0.2) is 4.68 Å². The summed E-state index contributed by atoms with van der Waals surface area (Å²) in [7, 11) is 1.58. The smallest absolute Gasteiger partial charge is 0.265 e. The molecule has 134 valence electrons. The largest absolute Gasteiger partial charge is 0.497 e. The van der Waals surface area contributed by atoms with Crippen molar-refractivity contribution in [2.24, 2.45) is 0 Å². The first kappa shape index (κ1) is 18.0. The number of methoxy groups -OCH3 is 1. The minimum atomic E-state index is -0.725. The maximum atomic E-state index is 12.4. The van der Waals surface area contributed by atoms with Gasteiger partial charge in [0.25, 0.3) is 5.91 Å². The van der Waals surface area contributed by atoms with Crippen molar-refractivity contribution in [1.29, 1.82) is 0 Å². The number of halogens is 1. The zero-order valence-corrected chi connectivity index (χ0v) is 15.9. The van der Waals surface area contributed by atoms with E-state index in [0.717, 1.165) is 5.69 Å². The summed E-state index contributed by atoms with van der Waals surface area (Å²) >= 11 is 3.42. The van der Waals surface area contributed by atoms with Crippen LogP contribution in [0, 0.1) is 0 Å². The molecule has 0 saturated carbocycles. The molecule has 1 heterocycles. The lowest BCUT2D eigenvalue weighted by Gasteiger charge is -2.13. The monoisotopic (exact) mass is 415 g/mol. The normalized spacial score (nSPS) is 11.7. The molecule has 3 rings (SSSR count). The second-order valence-electron chi connectivity index (χ2n) is 5.54. The Kier molecular flexibility index (Phi) is 5.58. The third-order valence-electron chi connectivity index (χ3n) is 3.65. The molecule has 6 nitrogen and oxygen atoms in total. The van der Waals surface area contributed by atoms with Crippen molar-refractivity contribution in [2.75, 3.05) is 12.4 Å². The highest BCUT2D eigenvalue weighted by atomic mass is 79.9. The zero-order valence-electron chi connectivity index (χ0n) is 14.3. The third-order valence-corrected chi connectivity index (χ3v) is 4.20. The first-order chi connectivity index (χ1) is 12.6. The van der Waals surface area contributed by atoms with E-state index in [1.165, 1.54) is 0 Å². The number of aromatic nitrogens is 2. The Morgan fingerprint density at radius 1 is 1.19 bits per heavy atom. The van der Waals surface area contributed by atoms with Crippen molar-refractivity contribution < 1.29 is 14.3 Å². The Hall–Kier alpha value is -2.80. The van der Waals surface area contributed by atoms with Crippen LogP contribution in [0.4, 0.5) is 5.69 Å². The van der Waals surface area contributed by atoms with Crippen molar-refractivity contribution in [3.05, 3.63) is 65.3 Å². The lowest BCUT2D eigenvalue weighted by Crippen LogP contribution is -2.30. The van der Waals surface area contributed by atoms with Gasteiger partial charge in [0.15, 0.2) is 6.10 Å². The predicted molar refractivity (Wildman–Crippen MR) is 103 cm³/mol. The predicted octanol–water partition coefficient (Wildman–Crippen LogP) is 4.05. The fraction of sp³-hybridized carbons (Fsp3) is 0.158. The summed E-state index contributed by atoms with van der Waals surface area (Å²) in [5, 5.41) is 7.19. The average molecular weight is 416 g/mol. The van der Waals surface area contributed by atoms with Gasteiger partial charge in [0.2, 0.25) is 5.88 Å². The van der Waals surface area contributed by atoms with Crippen LogP contribution in [-0.4, -0.2) is 28.9 Å². The minimum Gasteiger partial charge on any atom is -0.497 e. The number of carbonyl (C=O) groups is 1. The van der Waals surface area contributed by atoms with Gasteiger partial charge in [-0.1, -0.05) is 24.3 Å². The number of benzene rings is 2. The lowest BCUT2D eigenvalue weighted by atomic mass is 10.3. The lowest BCUT2D eigenvalue weighted by molar-refractivity contribution is -0.122. The summed E-state index contributed by atoms with van der Waals surface area (Å²) in [4.78, 5) is 12.4. The summed E-state index contributed by atoms with van der Waals surface area (Å²) in [5.74, 6) is 0.738. The molecule has 0 spiro atoms. The van der Waals surface area contributed by atoms with Gasteiger partial charge in [-0.3, -0.25) is 4.79 Å². The molecular formula is C19H18BrN3O3. The van der Waals surface area contributed by atoms with Crippen molar-refractivity contribution in [2.45, 2.75) is 13.0 Å². The van der Waals surface area contributed by atoms with Crippen LogP contribution in [0.2, 0.25) is 0 Å². The van der Waals surface area contributed by atoms with Gasteiger partial charge >= 0.3 is 0 Å². The number of ether oxygens (including phenoxy) is 2. The SMILES string of the molecule is COc1cccc(NC(=O)C(C)Oc2nn(-c3ccccc3)cc2Br)c1. The molecule has 0 saturated heterocycles. The topological polar surface area (TPSA) is 65.4 Å². The quantitative estimate of drug-likeness (QED) is 0.659. The molecular weight excluding hydrogens is 398 g/mol. The van der Waals surface area contributed by atoms with E-state index < -0.39 is 6.10 Å². The molecule has 0 bridgehead atoms. The van der Waals surface area contributed by atoms with E-state index in [-0.39, 0.29) is 5.91 Å². The average Bonchev–Trinajstić information content (AvgIpc) is 3.03. The molecule has 1 atom stereocenters. The Morgan fingerprint density at radius 3 is 2.69 bits per heavy atom. The van der Waals surface area contributed by atoms with Crippen molar-refractivity contribution in [1.82, 2.24) is 9.78 Å². The number of nitrogens with zero attached hydrogens (tertiary/aromatic N) is 2. The molecule has 0 radical (unpaired) electrons. The van der Waals surface area contributed by atoms with Crippen molar-refractivity contribution in [3.63, 3.8) is 0 Å². The summed E-state index contributed by atoms with van der Waals surface area (Å²) < 4.78 is 13.2. The second kappa shape index (κ2) is 8.05. The number of anilines is 1. The van der Waals surface area contributed by atoms with Gasteiger partial charge in [0, 0.05) is 18.0 Å². The van der Waals surface area contributed by atoms with Crippen LogP contribution >= 0.6 is 15.9 Å². The van der Waals surface area contributed by atoms with E-state index in [1.54, 1.807) is 43.1 Å². The molecule has 26 heavy (non-hydrogen) atoms. The highest BCUT2D eigenvalue weighted by Crippen LogP contribution is 2.26. The fourth-order valence-electron chi connectivity index (χ4n) is 2.30. The molecule has 2 aromatic carbocycles. The van der Waals surface area contributed by atoms with Crippen LogP contribution in [0.25, 0.3) is 5.69 Å². The fourth-order valence-corrected chi connectivity index (χ4v) is 2.66. The maximum absolute atomic E-state index is 12.4. The summed E-state index contributed by atoms with van der Waals surface area (Å²) in [6.07, 6.45) is 1.06. The number of nitrogens with one attached hydrogen (secondary N) is 1. The van der Waals surface area contributed by atoms with Crippen LogP contribution in [0.3, 0.4) is 0 Å². The minimum absolute atomic E-state index is 0.278. The number of para-hydroxylation sites is 1. The van der Waals surface area contributed by atoms with Crippen molar-refractivity contribution in [3.8, 4) is 17.3 Å². The molecule has 1 unspecified atom stereocenters. The summed E-state index contributed by atoms with van der Waals surface area (Å²) in [5.41, 5.74) is 1.54. The Bertz CT molecular complexity index is 896. The Balaban J connectivity index is 1.68. The van der Waals surface area contributed by atoms with Gasteiger partial charge in [0.1, 0.15) is 5.75 Å². The first-order valence-corrected chi connectivity index (χ1v) is 8.78. The van der Waals surface area contributed by atoms with Crippen LogP contribution < -0.4 is 14.8 Å². The zero-order chi connectivity index (χ0) is 18.5. The van der Waals surface area contributed by atoms with E-state index in [9.17, 15) is 4.79 Å². The second-order valence-corrected chi connectivity index (χ2v) is 6.40. The van der Waals surface area contributed by atoms with E-state index in [2.05, 4.69) is 26.3 Å². The molecule has 0 aliphatic rings. The van der Waals surface area contributed by atoms with E-state index in [4.69, 9.17) is 9.47 Å². The number of rotatable bonds is 6. The van der Waals surface area contributed by atoms with Crippen molar-refractivity contribution >= 4 is 27.5 Å². The van der Waals surface area contributed by atoms with Gasteiger partial charge < -0.3 is 14.8 Å². The number of hydrogen-bond donors (Lipinski definition) is 1. The molecule has 0 aliphatic carbocycles. The molecule has 1 amide bonds. The summed E-state index contributed by atoms with van der Waals surface area (Å²) in [6.45, 7) is 1.67. The van der Waals surface area contributed by atoms with Crippen LogP contribution in [-0.2, 0) is 4.79 Å². The summed E-state index contributed by atoms with van der Waals surface area (Å²) in [6, 6.07) is 16.8. The first-order valence-electron chi connectivity index (χ1n) is 7.99.